The predicted molar refractivity (Wildman–Crippen MR) is 135 cm³/mol. The van der Waals surface area contributed by atoms with Crippen LogP contribution in [0.3, 0.4) is 0 Å². The van der Waals surface area contributed by atoms with Crippen LogP contribution < -0.4 is 5.73 Å². The lowest BCUT2D eigenvalue weighted by Gasteiger charge is -2.31. The Morgan fingerprint density at radius 2 is 2.18 bits per heavy atom. The number of aliphatic imine (C=N–C) groups is 1. The first-order valence-corrected chi connectivity index (χ1v) is 13.5. The number of phosphoric acid groups is 1. The van der Waals surface area contributed by atoms with Crippen molar-refractivity contribution in [3.05, 3.63) is 59.5 Å². The number of benzene rings is 1. The molecule has 2 aliphatic rings. The molecule has 13 nitrogen and oxygen atoms in total. The van der Waals surface area contributed by atoms with Crippen LogP contribution in [0.15, 0.2) is 47.7 Å². The molecule has 5 atom stereocenters. The van der Waals surface area contributed by atoms with Gasteiger partial charge >= 0.3 is 13.8 Å². The van der Waals surface area contributed by atoms with Gasteiger partial charge in [-0.15, -0.1) is 0 Å². The van der Waals surface area contributed by atoms with Gasteiger partial charge in [-0.1, -0.05) is 25.1 Å². The average molecular weight is 545 g/mol. The van der Waals surface area contributed by atoms with Crippen LogP contribution in [0.4, 0.5) is 5.82 Å². The van der Waals surface area contributed by atoms with E-state index in [0.717, 1.165) is 0 Å². The number of nitrogens with two attached hydrogens (primary N) is 1. The first kappa shape index (κ1) is 26.4. The minimum absolute atomic E-state index is 0.182. The van der Waals surface area contributed by atoms with Gasteiger partial charge in [0.25, 0.3) is 0 Å². The first-order chi connectivity index (χ1) is 18.3. The number of nitrogens with zero attached hydrogens (tertiary/aromatic N) is 4. The fraction of sp³-hybridized carbons (Fsp3) is 0.417. The normalized spacial score (nSPS) is 29.1. The number of anilines is 1. The number of nitrogen functional groups attached to an aromatic ring is 1. The van der Waals surface area contributed by atoms with Crippen molar-refractivity contribution in [3.8, 4) is 0 Å². The third-order valence-corrected chi connectivity index (χ3v) is 7.78. The van der Waals surface area contributed by atoms with Crippen LogP contribution in [0.5, 0.6) is 0 Å². The number of phosphoric ester groups is 1. The Kier molecular flexibility index (Phi) is 7.32. The van der Waals surface area contributed by atoms with E-state index < -0.39 is 37.7 Å². The molecule has 14 heteroatoms. The number of esters is 1. The summed E-state index contributed by atoms with van der Waals surface area (Å²) >= 11 is 0. The Hall–Kier alpha value is -3.19. The van der Waals surface area contributed by atoms with Gasteiger partial charge in [0.1, 0.15) is 30.2 Å². The molecule has 0 aliphatic carbocycles. The molecule has 0 bridgehead atoms. The topological polar surface area (TPSA) is 169 Å². The fourth-order valence-electron chi connectivity index (χ4n) is 4.59. The summed E-state index contributed by atoms with van der Waals surface area (Å²) in [5.74, 6) is -0.266. The zero-order chi connectivity index (χ0) is 26.9. The second kappa shape index (κ2) is 10.5. The molecule has 5 rings (SSSR count). The molecule has 2 aliphatic heterocycles. The summed E-state index contributed by atoms with van der Waals surface area (Å²) < 4.78 is 43.2. The molecular weight excluding hydrogens is 517 g/mol. The van der Waals surface area contributed by atoms with Gasteiger partial charge in [0.2, 0.25) is 0 Å². The molecule has 0 radical (unpaired) electrons. The van der Waals surface area contributed by atoms with Crippen LogP contribution in [0.25, 0.3) is 5.52 Å². The van der Waals surface area contributed by atoms with E-state index in [1.165, 1.54) is 24.1 Å². The lowest BCUT2D eigenvalue weighted by Crippen LogP contribution is -2.44. The molecule has 0 amide bonds. The van der Waals surface area contributed by atoms with Crippen molar-refractivity contribution in [2.75, 3.05) is 26.0 Å². The standard InChI is InChI=1S/C24H28N5O8P/c1-3-10-33-23(31)16-7-5-4-6-15(16)11-34-38(32)35-12-18-20(37-38)21(30)24(36-18,13-26-2)19-9-8-17-22(25)27-14-28-29(17)19/h4-9,13-14,18,20-21,30H,3,10-12H2,1-2H3,(H2,25,27,28)/b26-13-/t18-,20-,21-,24+,38?/m1/s1. The van der Waals surface area contributed by atoms with Crippen molar-refractivity contribution in [1.29, 1.82) is 0 Å². The number of ether oxygens (including phenoxy) is 2. The molecule has 2 saturated heterocycles. The van der Waals surface area contributed by atoms with Gasteiger partial charge in [0, 0.05) is 13.3 Å². The molecule has 2 aromatic heterocycles. The quantitative estimate of drug-likeness (QED) is 0.242. The molecular formula is C24H28N5O8P. The number of carbonyl (C=O) groups excluding carboxylic acids is 1. The van der Waals surface area contributed by atoms with E-state index in [9.17, 15) is 14.5 Å². The highest BCUT2D eigenvalue weighted by Crippen LogP contribution is 2.58. The summed E-state index contributed by atoms with van der Waals surface area (Å²) in [7, 11) is -2.62. The minimum atomic E-state index is -4.15. The largest absolute Gasteiger partial charge is 0.475 e. The maximum Gasteiger partial charge on any atom is 0.475 e. The van der Waals surface area contributed by atoms with E-state index in [1.807, 2.05) is 6.92 Å². The minimum Gasteiger partial charge on any atom is -0.462 e. The summed E-state index contributed by atoms with van der Waals surface area (Å²) in [6.07, 6.45) is 0.162. The molecule has 202 valence electrons. The summed E-state index contributed by atoms with van der Waals surface area (Å²) in [6, 6.07) is 10.0. The summed E-state index contributed by atoms with van der Waals surface area (Å²) in [4.78, 5) is 20.5. The predicted octanol–water partition coefficient (Wildman–Crippen LogP) is 2.27. The molecule has 1 unspecified atom stereocenters. The van der Waals surface area contributed by atoms with Crippen molar-refractivity contribution in [2.45, 2.75) is 43.9 Å². The number of aliphatic hydroxyl groups excluding tert-OH is 1. The Labute approximate surface area is 218 Å². The second-order valence-corrected chi connectivity index (χ2v) is 10.4. The Balaban J connectivity index is 1.37. The number of aliphatic hydroxyl groups is 1. The lowest BCUT2D eigenvalue weighted by atomic mass is 9.92. The average Bonchev–Trinajstić information content (AvgIpc) is 3.47. The Morgan fingerprint density at radius 3 is 2.97 bits per heavy atom. The lowest BCUT2D eigenvalue weighted by molar-refractivity contribution is -0.0727. The zero-order valence-electron chi connectivity index (χ0n) is 20.8. The van der Waals surface area contributed by atoms with Gasteiger partial charge in [-0.2, -0.15) is 5.10 Å². The van der Waals surface area contributed by atoms with Crippen LogP contribution >= 0.6 is 7.82 Å². The number of aromatic nitrogens is 3. The third-order valence-electron chi connectivity index (χ3n) is 6.37. The van der Waals surface area contributed by atoms with Crippen molar-refractivity contribution in [2.24, 2.45) is 4.99 Å². The van der Waals surface area contributed by atoms with Crippen LogP contribution in [0, 0.1) is 0 Å². The van der Waals surface area contributed by atoms with Gasteiger partial charge in [-0.3, -0.25) is 18.6 Å². The van der Waals surface area contributed by atoms with Gasteiger partial charge in [0.15, 0.2) is 11.4 Å². The van der Waals surface area contributed by atoms with E-state index in [4.69, 9.17) is 28.8 Å². The van der Waals surface area contributed by atoms with Crippen molar-refractivity contribution >= 4 is 31.3 Å². The summed E-state index contributed by atoms with van der Waals surface area (Å²) in [5, 5.41) is 15.7. The highest BCUT2D eigenvalue weighted by Gasteiger charge is 2.61. The van der Waals surface area contributed by atoms with Crippen LogP contribution in [-0.4, -0.2) is 70.5 Å². The van der Waals surface area contributed by atoms with Crippen molar-refractivity contribution in [3.63, 3.8) is 0 Å². The maximum absolute atomic E-state index is 13.4. The van der Waals surface area contributed by atoms with Crippen LogP contribution in [-0.2, 0) is 39.8 Å². The number of fused-ring (bicyclic) bond motifs is 2. The molecule has 1 aromatic carbocycles. The van der Waals surface area contributed by atoms with Crippen molar-refractivity contribution < 1.29 is 37.5 Å². The van der Waals surface area contributed by atoms with Crippen LogP contribution in [0.2, 0.25) is 0 Å². The molecule has 0 saturated carbocycles. The van der Waals surface area contributed by atoms with Gasteiger partial charge in [0.05, 0.1) is 31.1 Å². The summed E-state index contributed by atoms with van der Waals surface area (Å²) in [5.41, 5.74) is 6.13. The van der Waals surface area contributed by atoms with Gasteiger partial charge < -0.3 is 20.3 Å². The van der Waals surface area contributed by atoms with Crippen LogP contribution in [0.1, 0.15) is 35.0 Å². The Morgan fingerprint density at radius 1 is 1.37 bits per heavy atom. The number of rotatable bonds is 8. The Bertz CT molecular complexity index is 1410. The van der Waals surface area contributed by atoms with E-state index >= 15 is 0 Å². The molecule has 3 aromatic rings. The third kappa shape index (κ3) is 4.62. The van der Waals surface area contributed by atoms with E-state index in [0.29, 0.717) is 23.2 Å². The smallest absolute Gasteiger partial charge is 0.462 e. The van der Waals surface area contributed by atoms with E-state index in [2.05, 4.69) is 15.1 Å². The zero-order valence-corrected chi connectivity index (χ0v) is 21.7. The van der Waals surface area contributed by atoms with E-state index in [1.54, 1.807) is 36.4 Å². The van der Waals surface area contributed by atoms with Gasteiger partial charge in [-0.05, 0) is 30.2 Å². The molecule has 38 heavy (non-hydrogen) atoms. The highest BCUT2D eigenvalue weighted by atomic mass is 31.2. The first-order valence-electron chi connectivity index (χ1n) is 12.0. The second-order valence-electron chi connectivity index (χ2n) is 8.82. The maximum atomic E-state index is 13.4. The monoisotopic (exact) mass is 545 g/mol. The van der Waals surface area contributed by atoms with Gasteiger partial charge in [-0.25, -0.2) is 18.9 Å². The molecule has 4 heterocycles. The SMILES string of the molecule is CCCOC(=O)c1ccccc1COP1(=O)OC[C@H]2O[C@@](/C=N\C)(c3ccc4c(N)ncnn34)[C@H](O)[C@@H]2O1. The number of hydrogen-bond donors (Lipinski definition) is 2. The fourth-order valence-corrected chi connectivity index (χ4v) is 5.96. The molecule has 0 spiro atoms. The number of hydrogen-bond acceptors (Lipinski definition) is 12. The molecule has 3 N–H and O–H groups in total. The molecule has 2 fully saturated rings. The van der Waals surface area contributed by atoms with Crippen molar-refractivity contribution in [1.82, 2.24) is 14.6 Å². The highest BCUT2D eigenvalue weighted by molar-refractivity contribution is 7.48. The van der Waals surface area contributed by atoms with E-state index in [-0.39, 0.29) is 31.2 Å². The summed E-state index contributed by atoms with van der Waals surface area (Å²) in [6.45, 7) is 1.74. The number of carbonyl (C=O) groups is 1.